The van der Waals surface area contributed by atoms with E-state index in [0.29, 0.717) is 19.4 Å². The van der Waals surface area contributed by atoms with Crippen molar-refractivity contribution in [1.29, 1.82) is 0 Å². The topological polar surface area (TPSA) is 263 Å². The molecule has 0 aliphatic rings. The maximum Gasteiger partial charge on any atom is 0.326 e. The highest BCUT2D eigenvalue weighted by atomic mass is 16.4. The summed E-state index contributed by atoms with van der Waals surface area (Å²) in [6, 6.07) is -3.98. The summed E-state index contributed by atoms with van der Waals surface area (Å²) < 4.78 is 0. The zero-order valence-corrected chi connectivity index (χ0v) is 17.1. The monoisotopic (exact) mass is 445 g/mol. The van der Waals surface area contributed by atoms with Crippen molar-refractivity contribution in [2.24, 2.45) is 22.9 Å². The van der Waals surface area contributed by atoms with Crippen LogP contribution in [0.3, 0.4) is 0 Å². The van der Waals surface area contributed by atoms with Gasteiger partial charge in [-0.2, -0.15) is 0 Å². The number of nitrogens with one attached hydrogen (secondary N) is 3. The number of amides is 5. The van der Waals surface area contributed by atoms with Crippen molar-refractivity contribution in [3.05, 3.63) is 0 Å². The molecule has 5 amide bonds. The lowest BCUT2D eigenvalue weighted by Gasteiger charge is -2.24. The Balaban J connectivity index is 5.41. The molecule has 0 aromatic heterocycles. The van der Waals surface area contributed by atoms with Crippen molar-refractivity contribution >= 4 is 35.5 Å². The molecule has 0 saturated heterocycles. The summed E-state index contributed by atoms with van der Waals surface area (Å²) in [7, 11) is 0. The van der Waals surface area contributed by atoms with Gasteiger partial charge in [-0.05, 0) is 32.2 Å². The number of primary amides is 2. The molecule has 0 heterocycles. The number of carboxylic acids is 1. The highest BCUT2D eigenvalue weighted by Gasteiger charge is 2.30. The van der Waals surface area contributed by atoms with Crippen LogP contribution in [0.2, 0.25) is 0 Å². The number of hydrogen-bond donors (Lipinski definition) is 8. The molecule has 12 N–H and O–H groups in total. The molecule has 14 heteroatoms. The van der Waals surface area contributed by atoms with Crippen LogP contribution in [0.5, 0.6) is 0 Å². The highest BCUT2D eigenvalue weighted by molar-refractivity contribution is 5.94. The van der Waals surface area contributed by atoms with Gasteiger partial charge in [-0.1, -0.05) is 0 Å². The maximum absolute atomic E-state index is 12.6. The molecule has 0 radical (unpaired) electrons. The van der Waals surface area contributed by atoms with E-state index in [9.17, 15) is 28.8 Å². The number of hydrogen-bond acceptors (Lipinski definition) is 8. The zero-order valence-electron chi connectivity index (χ0n) is 17.1. The quantitative estimate of drug-likeness (QED) is 0.107. The molecular weight excluding hydrogens is 414 g/mol. The molecule has 14 nitrogen and oxygen atoms in total. The van der Waals surface area contributed by atoms with Crippen LogP contribution in [0, 0.1) is 0 Å². The number of nitrogens with two attached hydrogens (primary N) is 4. The lowest BCUT2D eigenvalue weighted by Crippen LogP contribution is -2.56. The summed E-state index contributed by atoms with van der Waals surface area (Å²) in [4.78, 5) is 70.1. The van der Waals surface area contributed by atoms with Gasteiger partial charge in [0, 0.05) is 6.42 Å². The van der Waals surface area contributed by atoms with Crippen molar-refractivity contribution < 1.29 is 33.9 Å². The van der Waals surface area contributed by atoms with Crippen LogP contribution in [0.1, 0.15) is 38.5 Å². The van der Waals surface area contributed by atoms with Gasteiger partial charge in [-0.15, -0.1) is 0 Å². The summed E-state index contributed by atoms with van der Waals surface area (Å²) in [5.41, 5.74) is 20.7. The molecule has 0 aliphatic carbocycles. The molecule has 0 aliphatic heterocycles. The Morgan fingerprint density at radius 3 is 1.74 bits per heavy atom. The minimum atomic E-state index is -1.58. The second kappa shape index (κ2) is 14.7. The summed E-state index contributed by atoms with van der Waals surface area (Å²) in [6.07, 6.45) is 0.0569. The van der Waals surface area contributed by atoms with Crippen molar-refractivity contribution in [3.63, 3.8) is 0 Å². The fourth-order valence-corrected chi connectivity index (χ4v) is 2.52. The Morgan fingerprint density at radius 1 is 0.742 bits per heavy atom. The lowest BCUT2D eigenvalue weighted by molar-refractivity contribution is -0.143. The van der Waals surface area contributed by atoms with Crippen LogP contribution in [-0.4, -0.2) is 71.8 Å². The Labute approximate surface area is 178 Å². The Kier molecular flexibility index (Phi) is 13.1. The lowest BCUT2D eigenvalue weighted by atomic mass is 10.1. The minimum Gasteiger partial charge on any atom is -0.480 e. The molecule has 0 rings (SSSR count). The number of carboxylic acid groups (broad SMARTS) is 1. The van der Waals surface area contributed by atoms with Gasteiger partial charge in [0.05, 0.1) is 13.0 Å². The van der Waals surface area contributed by atoms with Crippen LogP contribution in [-0.2, 0) is 28.8 Å². The summed E-state index contributed by atoms with van der Waals surface area (Å²) >= 11 is 0. The predicted molar refractivity (Wildman–Crippen MR) is 108 cm³/mol. The van der Waals surface area contributed by atoms with Crippen LogP contribution in [0.25, 0.3) is 0 Å². The number of rotatable bonds is 16. The van der Waals surface area contributed by atoms with E-state index in [1.807, 2.05) is 0 Å². The molecule has 176 valence electrons. The maximum atomic E-state index is 12.6. The highest BCUT2D eigenvalue weighted by Crippen LogP contribution is 2.05. The van der Waals surface area contributed by atoms with E-state index in [0.717, 1.165) is 0 Å². The first kappa shape index (κ1) is 27.7. The first-order valence-corrected chi connectivity index (χ1v) is 9.61. The number of aliphatic carboxylic acids is 1. The van der Waals surface area contributed by atoms with Crippen molar-refractivity contribution in [2.75, 3.05) is 13.1 Å². The summed E-state index contributed by atoms with van der Waals surface area (Å²) in [6.45, 7) is -0.0797. The normalized spacial score (nSPS) is 13.4. The molecule has 0 bridgehead atoms. The first-order chi connectivity index (χ1) is 14.5. The van der Waals surface area contributed by atoms with E-state index in [-0.39, 0.29) is 19.3 Å². The van der Waals surface area contributed by atoms with E-state index >= 15 is 0 Å². The molecule has 3 unspecified atom stereocenters. The average Bonchev–Trinajstić information content (AvgIpc) is 2.68. The van der Waals surface area contributed by atoms with Crippen LogP contribution >= 0.6 is 0 Å². The molecule has 0 spiro atoms. The zero-order chi connectivity index (χ0) is 24.0. The summed E-state index contributed by atoms with van der Waals surface area (Å²) in [5, 5.41) is 16.1. The predicted octanol–water partition coefficient (Wildman–Crippen LogP) is -4.25. The Bertz CT molecular complexity index is 671. The van der Waals surface area contributed by atoms with Crippen LogP contribution in [0.4, 0.5) is 0 Å². The van der Waals surface area contributed by atoms with Gasteiger partial charge in [0.15, 0.2) is 0 Å². The number of carbonyl (C=O) groups excluding carboxylic acids is 5. The van der Waals surface area contributed by atoms with Gasteiger partial charge in [0.1, 0.15) is 18.1 Å². The second-order valence-corrected chi connectivity index (χ2v) is 6.74. The Morgan fingerprint density at radius 2 is 1.29 bits per heavy atom. The van der Waals surface area contributed by atoms with Crippen molar-refractivity contribution in [2.45, 2.75) is 56.7 Å². The first-order valence-electron chi connectivity index (χ1n) is 9.61. The molecule has 3 atom stereocenters. The Hall–Kier alpha value is -3.26. The molecule has 0 aromatic carbocycles. The standard InChI is InChI=1S/C17H31N7O7/c18-6-2-1-3-9(15(28)24-11(17(30)31)7-13(21)26)23-16(29)10(4-5-12(20)25)22-14(27)8-19/h9-11H,1-8,18-19H2,(H2,20,25)(H2,21,26)(H,22,27)(H,23,29)(H,24,28)(H,30,31). The third-order valence-electron chi connectivity index (χ3n) is 4.12. The number of unbranched alkanes of at least 4 members (excludes halogenated alkanes) is 1. The van der Waals surface area contributed by atoms with Crippen molar-refractivity contribution in [1.82, 2.24) is 16.0 Å². The molecule has 0 fully saturated rings. The van der Waals surface area contributed by atoms with E-state index < -0.39 is 66.6 Å². The van der Waals surface area contributed by atoms with Gasteiger partial charge in [-0.3, -0.25) is 24.0 Å². The van der Waals surface area contributed by atoms with Gasteiger partial charge < -0.3 is 44.0 Å². The SMILES string of the molecule is NCCCCC(NC(=O)C(CCC(N)=O)NC(=O)CN)C(=O)NC(CC(N)=O)C(=O)O. The molecule has 0 aromatic rings. The van der Waals surface area contributed by atoms with Crippen LogP contribution < -0.4 is 38.9 Å². The fraction of sp³-hybridized carbons (Fsp3) is 0.647. The summed E-state index contributed by atoms with van der Waals surface area (Å²) in [5.74, 6) is -5.44. The number of carbonyl (C=O) groups is 6. The van der Waals surface area contributed by atoms with E-state index in [1.165, 1.54) is 0 Å². The third-order valence-corrected chi connectivity index (χ3v) is 4.12. The molecule has 31 heavy (non-hydrogen) atoms. The van der Waals surface area contributed by atoms with E-state index in [4.69, 9.17) is 28.0 Å². The fourth-order valence-electron chi connectivity index (χ4n) is 2.52. The van der Waals surface area contributed by atoms with E-state index in [2.05, 4.69) is 16.0 Å². The third kappa shape index (κ3) is 12.1. The van der Waals surface area contributed by atoms with E-state index in [1.54, 1.807) is 0 Å². The van der Waals surface area contributed by atoms with Crippen LogP contribution in [0.15, 0.2) is 0 Å². The molecular formula is C17H31N7O7. The smallest absolute Gasteiger partial charge is 0.326 e. The second-order valence-electron chi connectivity index (χ2n) is 6.74. The van der Waals surface area contributed by atoms with Gasteiger partial charge >= 0.3 is 5.97 Å². The van der Waals surface area contributed by atoms with Gasteiger partial charge in [0.2, 0.25) is 29.5 Å². The van der Waals surface area contributed by atoms with Gasteiger partial charge in [-0.25, -0.2) is 4.79 Å². The molecule has 0 saturated carbocycles. The average molecular weight is 445 g/mol. The van der Waals surface area contributed by atoms with Crippen molar-refractivity contribution in [3.8, 4) is 0 Å². The minimum absolute atomic E-state index is 0.102. The van der Waals surface area contributed by atoms with Gasteiger partial charge in [0.25, 0.3) is 0 Å². The largest absolute Gasteiger partial charge is 0.480 e.